The van der Waals surface area contributed by atoms with E-state index in [-0.39, 0.29) is 17.2 Å². The van der Waals surface area contributed by atoms with E-state index in [9.17, 15) is 4.79 Å². The summed E-state index contributed by atoms with van der Waals surface area (Å²) in [6.45, 7) is 4.35. The summed E-state index contributed by atoms with van der Waals surface area (Å²) in [5.41, 5.74) is 5.10. The fraction of sp³-hybridized carbons (Fsp3) is 0.296. The first-order valence-corrected chi connectivity index (χ1v) is 10.7. The number of ether oxygens (including phenoxy) is 2. The van der Waals surface area contributed by atoms with Crippen molar-refractivity contribution < 1.29 is 14.3 Å². The van der Waals surface area contributed by atoms with Gasteiger partial charge in [0, 0.05) is 22.9 Å². The molecular formula is C27H27NO3. The Bertz CT molecular complexity index is 1240. The molecule has 0 spiro atoms. The summed E-state index contributed by atoms with van der Waals surface area (Å²) >= 11 is 0. The van der Waals surface area contributed by atoms with Gasteiger partial charge >= 0.3 is 0 Å². The van der Waals surface area contributed by atoms with Crippen molar-refractivity contribution >= 4 is 27.8 Å². The Morgan fingerprint density at radius 1 is 0.935 bits per heavy atom. The molecule has 0 bridgehead atoms. The van der Waals surface area contributed by atoms with Crippen molar-refractivity contribution in [3.63, 3.8) is 0 Å². The SMILES string of the molecule is COc1ccc([C@@H]2Nc3c(ccc4ccccc34)C3=C2CC(C)(C)CC3=O)cc1OC. The molecule has 31 heavy (non-hydrogen) atoms. The molecule has 1 heterocycles. The monoisotopic (exact) mass is 413 g/mol. The first-order valence-electron chi connectivity index (χ1n) is 10.7. The topological polar surface area (TPSA) is 47.6 Å². The minimum Gasteiger partial charge on any atom is -0.493 e. The molecule has 5 rings (SSSR count). The molecule has 0 saturated heterocycles. The molecule has 0 fully saturated rings. The number of nitrogens with one attached hydrogen (secondary N) is 1. The molecule has 0 radical (unpaired) electrons. The average molecular weight is 414 g/mol. The Balaban J connectivity index is 1.76. The van der Waals surface area contributed by atoms with Crippen LogP contribution in [0.1, 0.15) is 43.9 Å². The van der Waals surface area contributed by atoms with Crippen LogP contribution >= 0.6 is 0 Å². The van der Waals surface area contributed by atoms with Crippen LogP contribution in [0.25, 0.3) is 16.3 Å². The third kappa shape index (κ3) is 3.18. The zero-order valence-electron chi connectivity index (χ0n) is 18.4. The van der Waals surface area contributed by atoms with E-state index in [0.717, 1.165) is 45.2 Å². The number of rotatable bonds is 3. The maximum Gasteiger partial charge on any atom is 0.164 e. The smallest absolute Gasteiger partial charge is 0.164 e. The van der Waals surface area contributed by atoms with Crippen LogP contribution in [0.5, 0.6) is 11.5 Å². The fourth-order valence-corrected chi connectivity index (χ4v) is 5.12. The number of ketones is 1. The Hall–Kier alpha value is -3.27. The maximum atomic E-state index is 13.4. The lowest BCUT2D eigenvalue weighted by atomic mass is 9.68. The highest BCUT2D eigenvalue weighted by molar-refractivity contribution is 6.26. The summed E-state index contributed by atoms with van der Waals surface area (Å²) in [6, 6.07) is 18.4. The molecule has 0 amide bonds. The summed E-state index contributed by atoms with van der Waals surface area (Å²) in [7, 11) is 3.29. The normalized spacial score (nSPS) is 19.5. The molecule has 4 nitrogen and oxygen atoms in total. The highest BCUT2D eigenvalue weighted by Gasteiger charge is 2.40. The summed E-state index contributed by atoms with van der Waals surface area (Å²) in [6.07, 6.45) is 1.43. The number of hydrogen-bond acceptors (Lipinski definition) is 4. The number of allylic oxidation sites excluding steroid dienone is 1. The predicted octanol–water partition coefficient (Wildman–Crippen LogP) is 6.17. The molecule has 1 N–H and O–H groups in total. The van der Waals surface area contributed by atoms with Crippen LogP contribution in [-0.2, 0) is 4.79 Å². The van der Waals surface area contributed by atoms with Crippen molar-refractivity contribution in [2.45, 2.75) is 32.7 Å². The predicted molar refractivity (Wildman–Crippen MR) is 125 cm³/mol. The van der Waals surface area contributed by atoms with Crippen LogP contribution in [0.15, 0.2) is 60.2 Å². The quantitative estimate of drug-likeness (QED) is 0.558. The van der Waals surface area contributed by atoms with Gasteiger partial charge in [0.2, 0.25) is 0 Å². The van der Waals surface area contributed by atoms with Crippen LogP contribution in [0.4, 0.5) is 5.69 Å². The van der Waals surface area contributed by atoms with Crippen LogP contribution < -0.4 is 14.8 Å². The van der Waals surface area contributed by atoms with Gasteiger partial charge in [-0.05, 0) is 40.5 Å². The maximum absolute atomic E-state index is 13.4. The molecular weight excluding hydrogens is 386 g/mol. The number of benzene rings is 3. The van der Waals surface area contributed by atoms with Crippen molar-refractivity contribution in [1.82, 2.24) is 0 Å². The Morgan fingerprint density at radius 3 is 2.48 bits per heavy atom. The van der Waals surface area contributed by atoms with Crippen molar-refractivity contribution in [1.29, 1.82) is 0 Å². The number of carbonyl (C=O) groups excluding carboxylic acids is 1. The molecule has 3 aromatic carbocycles. The van der Waals surface area contributed by atoms with Crippen molar-refractivity contribution in [3.05, 3.63) is 71.3 Å². The van der Waals surface area contributed by atoms with Crippen LogP contribution in [0.3, 0.4) is 0 Å². The number of hydrogen-bond donors (Lipinski definition) is 1. The second-order valence-corrected chi connectivity index (χ2v) is 9.24. The average Bonchev–Trinajstić information content (AvgIpc) is 2.76. The van der Waals surface area contributed by atoms with E-state index in [1.165, 1.54) is 0 Å². The Morgan fingerprint density at radius 2 is 1.71 bits per heavy atom. The van der Waals surface area contributed by atoms with Crippen LogP contribution in [-0.4, -0.2) is 20.0 Å². The van der Waals surface area contributed by atoms with Crippen molar-refractivity contribution in [3.8, 4) is 11.5 Å². The van der Waals surface area contributed by atoms with E-state index in [4.69, 9.17) is 9.47 Å². The van der Waals surface area contributed by atoms with E-state index in [1.807, 2.05) is 24.3 Å². The van der Waals surface area contributed by atoms with E-state index in [1.54, 1.807) is 14.2 Å². The number of anilines is 1. The van der Waals surface area contributed by atoms with Gasteiger partial charge in [0.05, 0.1) is 25.9 Å². The van der Waals surface area contributed by atoms with E-state index >= 15 is 0 Å². The van der Waals surface area contributed by atoms with Gasteiger partial charge in [-0.3, -0.25) is 4.79 Å². The molecule has 1 atom stereocenters. The van der Waals surface area contributed by atoms with Gasteiger partial charge in [0.25, 0.3) is 0 Å². The fourth-order valence-electron chi connectivity index (χ4n) is 5.12. The number of carbonyl (C=O) groups is 1. The van der Waals surface area contributed by atoms with Gasteiger partial charge < -0.3 is 14.8 Å². The second kappa shape index (κ2) is 7.16. The third-order valence-electron chi connectivity index (χ3n) is 6.48. The molecule has 0 unspecified atom stereocenters. The zero-order chi connectivity index (χ0) is 21.8. The lowest BCUT2D eigenvalue weighted by molar-refractivity contribution is -0.116. The van der Waals surface area contributed by atoms with Gasteiger partial charge in [0.1, 0.15) is 0 Å². The van der Waals surface area contributed by atoms with Gasteiger partial charge in [0.15, 0.2) is 17.3 Å². The summed E-state index contributed by atoms with van der Waals surface area (Å²) in [5.74, 6) is 1.62. The van der Waals surface area contributed by atoms with Gasteiger partial charge in [-0.25, -0.2) is 0 Å². The molecule has 2 aliphatic rings. The van der Waals surface area contributed by atoms with Gasteiger partial charge in [-0.15, -0.1) is 0 Å². The lowest BCUT2D eigenvalue weighted by Gasteiger charge is -2.40. The Labute approximate surface area is 182 Å². The van der Waals surface area contributed by atoms with Crippen molar-refractivity contribution in [2.24, 2.45) is 5.41 Å². The van der Waals surface area contributed by atoms with Crippen LogP contribution in [0.2, 0.25) is 0 Å². The molecule has 3 aromatic rings. The van der Waals surface area contributed by atoms with E-state index < -0.39 is 0 Å². The third-order valence-corrected chi connectivity index (χ3v) is 6.48. The number of fused-ring (bicyclic) bond motifs is 4. The highest BCUT2D eigenvalue weighted by Crippen LogP contribution is 2.52. The van der Waals surface area contributed by atoms with Gasteiger partial charge in [-0.1, -0.05) is 56.3 Å². The number of methoxy groups -OCH3 is 2. The summed E-state index contributed by atoms with van der Waals surface area (Å²) < 4.78 is 11.0. The molecule has 1 aliphatic heterocycles. The second-order valence-electron chi connectivity index (χ2n) is 9.24. The summed E-state index contributed by atoms with van der Waals surface area (Å²) in [5, 5.41) is 6.09. The largest absolute Gasteiger partial charge is 0.493 e. The minimum atomic E-state index is -0.100. The Kier molecular flexibility index (Phi) is 4.54. The standard InChI is InChI=1S/C27H27NO3/c1-27(2)14-20-24(21(29)15-27)19-11-9-16-7-5-6-8-18(16)26(19)28-25(20)17-10-12-22(30-3)23(13-17)31-4/h5-13,25,28H,14-15H2,1-4H3/t25-/m0/s1. The highest BCUT2D eigenvalue weighted by atomic mass is 16.5. The van der Waals surface area contributed by atoms with Crippen molar-refractivity contribution in [2.75, 3.05) is 19.5 Å². The molecule has 0 saturated carbocycles. The van der Waals surface area contributed by atoms with E-state index in [0.29, 0.717) is 17.9 Å². The molecule has 4 heteroatoms. The molecule has 1 aliphatic carbocycles. The first-order chi connectivity index (χ1) is 14.9. The molecule has 0 aromatic heterocycles. The van der Waals surface area contributed by atoms with Crippen LogP contribution in [0, 0.1) is 5.41 Å². The minimum absolute atomic E-state index is 0.0687. The van der Waals surface area contributed by atoms with Gasteiger partial charge in [-0.2, -0.15) is 0 Å². The summed E-state index contributed by atoms with van der Waals surface area (Å²) in [4.78, 5) is 13.4. The lowest BCUT2D eigenvalue weighted by Crippen LogP contribution is -2.32. The molecule has 158 valence electrons. The zero-order valence-corrected chi connectivity index (χ0v) is 18.4. The number of Topliss-reactive ketones (excluding diaryl/α,β-unsaturated/α-hetero) is 1. The first kappa shape index (κ1) is 19.7. The van der Waals surface area contributed by atoms with E-state index in [2.05, 4.69) is 49.5 Å².